The molecule has 2 N–H and O–H groups in total. The van der Waals surface area contributed by atoms with Gasteiger partial charge in [0, 0.05) is 6.54 Å². The van der Waals surface area contributed by atoms with Crippen LogP contribution in [0.25, 0.3) is 0 Å². The van der Waals surface area contributed by atoms with E-state index in [-0.39, 0.29) is 18.4 Å². The SMILES string of the molecule is CC(C)CCNC(=O)CNC(=O)CSC(C)C. The summed E-state index contributed by atoms with van der Waals surface area (Å²) in [4.78, 5) is 22.7. The molecule has 0 aliphatic rings. The average molecular weight is 260 g/mol. The van der Waals surface area contributed by atoms with E-state index in [1.165, 1.54) is 0 Å². The lowest BCUT2D eigenvalue weighted by Gasteiger charge is -2.08. The zero-order valence-electron chi connectivity index (χ0n) is 11.2. The van der Waals surface area contributed by atoms with Gasteiger partial charge in [0.05, 0.1) is 12.3 Å². The maximum atomic E-state index is 11.3. The zero-order valence-corrected chi connectivity index (χ0v) is 12.0. The third kappa shape index (κ3) is 11.6. The van der Waals surface area contributed by atoms with Crippen molar-refractivity contribution in [2.45, 2.75) is 39.4 Å². The quantitative estimate of drug-likeness (QED) is 0.693. The van der Waals surface area contributed by atoms with Crippen LogP contribution in [0.15, 0.2) is 0 Å². The molecule has 100 valence electrons. The van der Waals surface area contributed by atoms with Crippen molar-refractivity contribution in [2.75, 3.05) is 18.8 Å². The van der Waals surface area contributed by atoms with Crippen molar-refractivity contribution >= 4 is 23.6 Å². The molecule has 0 unspecified atom stereocenters. The summed E-state index contributed by atoms with van der Waals surface area (Å²) in [6.45, 7) is 9.05. The summed E-state index contributed by atoms with van der Waals surface area (Å²) in [6, 6.07) is 0. The normalized spacial score (nSPS) is 10.7. The molecule has 0 aliphatic heterocycles. The first kappa shape index (κ1) is 16.3. The highest BCUT2D eigenvalue weighted by molar-refractivity contribution is 8.00. The maximum absolute atomic E-state index is 11.3. The Bertz CT molecular complexity index is 243. The molecule has 0 aliphatic carbocycles. The third-order valence-electron chi connectivity index (χ3n) is 2.04. The first-order valence-electron chi connectivity index (χ1n) is 6.06. The maximum Gasteiger partial charge on any atom is 0.239 e. The minimum atomic E-state index is -0.117. The Morgan fingerprint density at radius 1 is 1.06 bits per heavy atom. The van der Waals surface area contributed by atoms with Gasteiger partial charge in [0.1, 0.15) is 0 Å². The number of amides is 2. The van der Waals surface area contributed by atoms with E-state index in [1.54, 1.807) is 11.8 Å². The summed E-state index contributed by atoms with van der Waals surface area (Å²) in [6.07, 6.45) is 0.961. The van der Waals surface area contributed by atoms with Gasteiger partial charge in [0.2, 0.25) is 11.8 Å². The van der Waals surface area contributed by atoms with Gasteiger partial charge in [-0.15, -0.1) is 11.8 Å². The van der Waals surface area contributed by atoms with Crippen LogP contribution in [0, 0.1) is 5.92 Å². The summed E-state index contributed by atoms with van der Waals surface area (Å²) in [5.74, 6) is 0.792. The van der Waals surface area contributed by atoms with Gasteiger partial charge in [-0.2, -0.15) is 0 Å². The van der Waals surface area contributed by atoms with E-state index in [0.29, 0.717) is 23.5 Å². The minimum absolute atomic E-state index is 0.0790. The fourth-order valence-electron chi connectivity index (χ4n) is 1.04. The molecular weight excluding hydrogens is 236 g/mol. The molecule has 0 aromatic carbocycles. The van der Waals surface area contributed by atoms with Crippen LogP contribution in [-0.4, -0.2) is 35.9 Å². The van der Waals surface area contributed by atoms with Crippen LogP contribution in [0.2, 0.25) is 0 Å². The molecule has 0 atom stereocenters. The summed E-state index contributed by atoms with van der Waals surface area (Å²) < 4.78 is 0. The van der Waals surface area contributed by atoms with Gasteiger partial charge in [-0.05, 0) is 17.6 Å². The largest absolute Gasteiger partial charge is 0.355 e. The average Bonchev–Trinajstić information content (AvgIpc) is 2.23. The van der Waals surface area contributed by atoms with Crippen molar-refractivity contribution in [3.05, 3.63) is 0 Å². The van der Waals surface area contributed by atoms with Crippen LogP contribution in [0.1, 0.15) is 34.1 Å². The Labute approximate surface area is 108 Å². The number of carbonyl (C=O) groups is 2. The molecule has 0 saturated heterocycles. The van der Waals surface area contributed by atoms with Crippen LogP contribution >= 0.6 is 11.8 Å². The van der Waals surface area contributed by atoms with Gasteiger partial charge in [0.15, 0.2) is 0 Å². The van der Waals surface area contributed by atoms with Gasteiger partial charge in [-0.1, -0.05) is 27.7 Å². The van der Waals surface area contributed by atoms with Gasteiger partial charge in [-0.25, -0.2) is 0 Å². The van der Waals surface area contributed by atoms with E-state index >= 15 is 0 Å². The number of hydrogen-bond acceptors (Lipinski definition) is 3. The topological polar surface area (TPSA) is 58.2 Å². The predicted octanol–water partition coefficient (Wildman–Crippen LogP) is 1.41. The highest BCUT2D eigenvalue weighted by Crippen LogP contribution is 2.07. The molecule has 0 bridgehead atoms. The number of carbonyl (C=O) groups excluding carboxylic acids is 2. The molecule has 5 heteroatoms. The van der Waals surface area contributed by atoms with Crippen molar-refractivity contribution < 1.29 is 9.59 Å². The molecule has 0 radical (unpaired) electrons. The zero-order chi connectivity index (χ0) is 13.3. The molecule has 0 rings (SSSR count). The summed E-state index contributed by atoms with van der Waals surface area (Å²) >= 11 is 1.57. The molecule has 2 amide bonds. The van der Waals surface area contributed by atoms with Crippen LogP contribution in [0.5, 0.6) is 0 Å². The fourth-order valence-corrected chi connectivity index (χ4v) is 1.62. The molecule has 4 nitrogen and oxygen atoms in total. The first-order valence-corrected chi connectivity index (χ1v) is 7.11. The van der Waals surface area contributed by atoms with Crippen LogP contribution in [0.4, 0.5) is 0 Å². The number of nitrogens with one attached hydrogen (secondary N) is 2. The Kier molecular flexibility index (Phi) is 8.94. The molecular formula is C12H24N2O2S. The van der Waals surface area contributed by atoms with Crippen molar-refractivity contribution in [3.8, 4) is 0 Å². The van der Waals surface area contributed by atoms with E-state index in [2.05, 4.69) is 24.5 Å². The second kappa shape index (κ2) is 9.33. The fraction of sp³-hybridized carbons (Fsp3) is 0.833. The van der Waals surface area contributed by atoms with E-state index in [4.69, 9.17) is 0 Å². The molecule has 0 saturated carbocycles. The highest BCUT2D eigenvalue weighted by Gasteiger charge is 2.06. The van der Waals surface area contributed by atoms with Crippen LogP contribution < -0.4 is 10.6 Å². The van der Waals surface area contributed by atoms with Gasteiger partial charge < -0.3 is 10.6 Å². The van der Waals surface area contributed by atoms with Gasteiger partial charge in [-0.3, -0.25) is 9.59 Å². The van der Waals surface area contributed by atoms with Crippen LogP contribution in [0.3, 0.4) is 0 Å². The smallest absolute Gasteiger partial charge is 0.239 e. The molecule has 0 aromatic rings. The van der Waals surface area contributed by atoms with Gasteiger partial charge in [0.25, 0.3) is 0 Å². The number of thioether (sulfide) groups is 1. The molecule has 0 fully saturated rings. The van der Waals surface area contributed by atoms with Crippen LogP contribution in [-0.2, 0) is 9.59 Å². The highest BCUT2D eigenvalue weighted by atomic mass is 32.2. The first-order chi connectivity index (χ1) is 7.91. The van der Waals surface area contributed by atoms with Crippen molar-refractivity contribution in [3.63, 3.8) is 0 Å². The van der Waals surface area contributed by atoms with Gasteiger partial charge >= 0.3 is 0 Å². The molecule has 17 heavy (non-hydrogen) atoms. The van der Waals surface area contributed by atoms with Crippen molar-refractivity contribution in [1.29, 1.82) is 0 Å². The Hall–Kier alpha value is -0.710. The number of rotatable bonds is 8. The molecule has 0 heterocycles. The van der Waals surface area contributed by atoms with E-state index < -0.39 is 0 Å². The van der Waals surface area contributed by atoms with Crippen molar-refractivity contribution in [2.24, 2.45) is 5.92 Å². The lowest BCUT2D eigenvalue weighted by atomic mass is 10.1. The van der Waals surface area contributed by atoms with E-state index in [0.717, 1.165) is 6.42 Å². The Morgan fingerprint density at radius 2 is 1.71 bits per heavy atom. The summed E-state index contributed by atoms with van der Waals surface area (Å²) in [5, 5.41) is 5.81. The molecule has 0 spiro atoms. The lowest BCUT2D eigenvalue weighted by molar-refractivity contribution is -0.124. The van der Waals surface area contributed by atoms with E-state index in [9.17, 15) is 9.59 Å². The summed E-state index contributed by atoms with van der Waals surface area (Å²) in [7, 11) is 0. The van der Waals surface area contributed by atoms with E-state index in [1.807, 2.05) is 13.8 Å². The Balaban J connectivity index is 3.52. The van der Waals surface area contributed by atoms with Crippen molar-refractivity contribution in [1.82, 2.24) is 10.6 Å². The number of hydrogen-bond donors (Lipinski definition) is 2. The lowest BCUT2D eigenvalue weighted by Crippen LogP contribution is -2.38. The second-order valence-corrected chi connectivity index (χ2v) is 6.23. The monoisotopic (exact) mass is 260 g/mol. The summed E-state index contributed by atoms with van der Waals surface area (Å²) in [5.41, 5.74) is 0. The third-order valence-corrected chi connectivity index (χ3v) is 3.13. The second-order valence-electron chi connectivity index (χ2n) is 4.67. The standard InChI is InChI=1S/C12H24N2O2S/c1-9(2)5-6-13-11(15)7-14-12(16)8-17-10(3)4/h9-10H,5-8H2,1-4H3,(H,13,15)(H,14,16). The molecule has 0 aromatic heterocycles. The predicted molar refractivity (Wildman–Crippen MR) is 73.1 cm³/mol. The Morgan fingerprint density at radius 3 is 2.24 bits per heavy atom. The minimum Gasteiger partial charge on any atom is -0.355 e.